The van der Waals surface area contributed by atoms with E-state index in [9.17, 15) is 26.8 Å². The second-order valence-corrected chi connectivity index (χ2v) is 9.45. The van der Waals surface area contributed by atoms with Crippen LogP contribution in [0.15, 0.2) is 47.4 Å². The second kappa shape index (κ2) is 9.64. The molecule has 0 saturated carbocycles. The Hall–Kier alpha value is -3.01. The van der Waals surface area contributed by atoms with Crippen molar-refractivity contribution >= 4 is 27.6 Å². The van der Waals surface area contributed by atoms with Crippen LogP contribution in [0.4, 0.5) is 14.5 Å². The van der Waals surface area contributed by atoms with Crippen molar-refractivity contribution in [2.75, 3.05) is 11.3 Å². The molecule has 1 aliphatic heterocycles. The van der Waals surface area contributed by atoms with Gasteiger partial charge in [0.15, 0.2) is 18.2 Å². The van der Waals surface area contributed by atoms with Crippen LogP contribution in [0.3, 0.4) is 0 Å². The average molecular weight is 467 g/mol. The van der Waals surface area contributed by atoms with Crippen molar-refractivity contribution in [1.29, 1.82) is 0 Å². The molecule has 2 atom stereocenters. The summed E-state index contributed by atoms with van der Waals surface area (Å²) in [5.41, 5.74) is 0.242. The first-order valence-electron chi connectivity index (χ1n) is 10.1. The van der Waals surface area contributed by atoms with Crippen molar-refractivity contribution in [3.8, 4) is 0 Å². The number of sulfonamides is 1. The van der Waals surface area contributed by atoms with Gasteiger partial charge in [0.05, 0.1) is 10.5 Å². The fourth-order valence-corrected chi connectivity index (χ4v) is 4.80. The number of ether oxygens (including phenoxy) is 1. The predicted molar refractivity (Wildman–Crippen MR) is 114 cm³/mol. The van der Waals surface area contributed by atoms with E-state index in [1.165, 1.54) is 24.3 Å². The number of nitrogens with zero attached hydrogens (tertiary/aromatic N) is 1. The van der Waals surface area contributed by atoms with Gasteiger partial charge in [-0.25, -0.2) is 22.0 Å². The van der Waals surface area contributed by atoms with E-state index in [4.69, 9.17) is 4.74 Å². The van der Waals surface area contributed by atoms with Gasteiger partial charge in [-0.1, -0.05) is 0 Å². The molecule has 1 amide bonds. The quantitative estimate of drug-likeness (QED) is 0.655. The van der Waals surface area contributed by atoms with Crippen molar-refractivity contribution in [3.05, 3.63) is 59.7 Å². The Bertz CT molecular complexity index is 1100. The van der Waals surface area contributed by atoms with Crippen molar-refractivity contribution in [2.45, 2.75) is 50.1 Å². The molecule has 10 heteroatoms. The predicted octanol–water partition coefficient (Wildman–Crippen LogP) is 3.71. The third kappa shape index (κ3) is 5.42. The number of nitrogens with one attached hydrogen (secondary N) is 1. The van der Waals surface area contributed by atoms with Crippen molar-refractivity contribution in [1.82, 2.24) is 4.90 Å². The fourth-order valence-electron chi connectivity index (χ4n) is 3.73. The standard InChI is InChI=1S/C22H24F2N2O5S/c1-14-4-3-5-15(2)26(14)21(27)13-31-22(28)16-6-8-17(9-7-16)25-32(29,30)18-10-11-19(23)20(24)12-18/h6-12,14-15,25H,3-5,13H2,1-2H3. The normalized spacial score (nSPS) is 18.8. The largest absolute Gasteiger partial charge is 0.452 e. The van der Waals surface area contributed by atoms with E-state index in [0.717, 1.165) is 31.4 Å². The van der Waals surface area contributed by atoms with Crippen molar-refractivity contribution < 1.29 is 31.5 Å². The number of hydrogen-bond donors (Lipinski definition) is 1. The van der Waals surface area contributed by atoms with Gasteiger partial charge in [-0.3, -0.25) is 9.52 Å². The first-order chi connectivity index (χ1) is 15.1. The van der Waals surface area contributed by atoms with Crippen molar-refractivity contribution in [3.63, 3.8) is 0 Å². The molecule has 7 nitrogen and oxygen atoms in total. The van der Waals surface area contributed by atoms with Gasteiger partial charge in [0.1, 0.15) is 0 Å². The summed E-state index contributed by atoms with van der Waals surface area (Å²) >= 11 is 0. The lowest BCUT2D eigenvalue weighted by Crippen LogP contribution is -2.49. The summed E-state index contributed by atoms with van der Waals surface area (Å²) in [4.78, 5) is 26.0. The van der Waals surface area contributed by atoms with Crippen LogP contribution < -0.4 is 4.72 Å². The van der Waals surface area contributed by atoms with Crippen LogP contribution >= 0.6 is 0 Å². The monoisotopic (exact) mass is 466 g/mol. The SMILES string of the molecule is CC1CCCC(C)N1C(=O)COC(=O)c1ccc(NS(=O)(=O)c2ccc(F)c(F)c2)cc1. The highest BCUT2D eigenvalue weighted by molar-refractivity contribution is 7.92. The topological polar surface area (TPSA) is 92.8 Å². The molecule has 0 spiro atoms. The fraction of sp³-hybridized carbons (Fsp3) is 0.364. The third-order valence-corrected chi connectivity index (χ3v) is 6.76. The molecule has 2 unspecified atom stereocenters. The van der Waals surface area contributed by atoms with E-state index in [-0.39, 0.29) is 35.8 Å². The molecular weight excluding hydrogens is 442 g/mol. The Morgan fingerprint density at radius 3 is 2.25 bits per heavy atom. The number of hydrogen-bond acceptors (Lipinski definition) is 5. The molecule has 2 aromatic carbocycles. The molecule has 1 aliphatic rings. The molecule has 2 aromatic rings. The third-order valence-electron chi connectivity index (χ3n) is 5.38. The second-order valence-electron chi connectivity index (χ2n) is 7.76. The number of amides is 1. The van der Waals surface area contributed by atoms with E-state index in [1.807, 2.05) is 13.8 Å². The highest BCUT2D eigenvalue weighted by Gasteiger charge is 2.29. The van der Waals surface area contributed by atoms with Gasteiger partial charge in [0.25, 0.3) is 15.9 Å². The molecule has 32 heavy (non-hydrogen) atoms. The summed E-state index contributed by atoms with van der Waals surface area (Å²) in [7, 11) is -4.15. The summed E-state index contributed by atoms with van der Waals surface area (Å²) in [6.07, 6.45) is 2.87. The lowest BCUT2D eigenvalue weighted by Gasteiger charge is -2.38. The summed E-state index contributed by atoms with van der Waals surface area (Å²) in [6.45, 7) is 3.56. The number of likely N-dealkylation sites (tertiary alicyclic amines) is 1. The van der Waals surface area contributed by atoms with Gasteiger partial charge in [0, 0.05) is 17.8 Å². The minimum absolute atomic E-state index is 0.0897. The number of anilines is 1. The van der Waals surface area contributed by atoms with Crippen LogP contribution in [0.1, 0.15) is 43.5 Å². The molecule has 0 radical (unpaired) electrons. The molecular formula is C22H24F2N2O5S. The van der Waals surface area contributed by atoms with Gasteiger partial charge in [-0.15, -0.1) is 0 Å². The molecule has 1 saturated heterocycles. The van der Waals surface area contributed by atoms with E-state index < -0.39 is 32.5 Å². The van der Waals surface area contributed by atoms with Crippen LogP contribution in [0, 0.1) is 11.6 Å². The lowest BCUT2D eigenvalue weighted by atomic mass is 9.97. The lowest BCUT2D eigenvalue weighted by molar-refractivity contribution is -0.140. The molecule has 0 aromatic heterocycles. The highest BCUT2D eigenvalue weighted by Crippen LogP contribution is 2.23. The van der Waals surface area contributed by atoms with Gasteiger partial charge < -0.3 is 9.64 Å². The van der Waals surface area contributed by atoms with E-state index in [1.54, 1.807) is 4.90 Å². The molecule has 1 N–H and O–H groups in total. The minimum Gasteiger partial charge on any atom is -0.452 e. The smallest absolute Gasteiger partial charge is 0.338 e. The van der Waals surface area contributed by atoms with E-state index in [2.05, 4.69) is 4.72 Å². The first kappa shape index (κ1) is 23.6. The molecule has 1 heterocycles. The molecule has 0 bridgehead atoms. The number of carbonyl (C=O) groups is 2. The van der Waals surface area contributed by atoms with E-state index in [0.29, 0.717) is 6.07 Å². The zero-order valence-corrected chi connectivity index (χ0v) is 18.5. The van der Waals surface area contributed by atoms with Crippen molar-refractivity contribution in [2.24, 2.45) is 0 Å². The maximum absolute atomic E-state index is 13.3. The Morgan fingerprint density at radius 2 is 1.66 bits per heavy atom. The maximum atomic E-state index is 13.3. The molecule has 172 valence electrons. The Balaban J connectivity index is 1.60. The molecule has 3 rings (SSSR count). The summed E-state index contributed by atoms with van der Waals surface area (Å²) in [5.74, 6) is -3.41. The Kier molecular flexibility index (Phi) is 7.12. The van der Waals surface area contributed by atoms with Crippen LogP contribution in [0.5, 0.6) is 0 Å². The van der Waals surface area contributed by atoms with Crippen LogP contribution in [-0.2, 0) is 19.6 Å². The summed E-state index contributed by atoms with van der Waals surface area (Å²) in [5, 5.41) is 0. The van der Waals surface area contributed by atoms with Gasteiger partial charge in [0.2, 0.25) is 0 Å². The van der Waals surface area contributed by atoms with Crippen LogP contribution in [0.2, 0.25) is 0 Å². The number of rotatable bonds is 6. The number of benzene rings is 2. The highest BCUT2D eigenvalue weighted by atomic mass is 32.2. The zero-order valence-electron chi connectivity index (χ0n) is 17.7. The number of carbonyl (C=O) groups excluding carboxylic acids is 2. The molecule has 1 fully saturated rings. The van der Waals surface area contributed by atoms with Crippen LogP contribution in [-0.4, -0.2) is 43.9 Å². The van der Waals surface area contributed by atoms with Crippen LogP contribution in [0.25, 0.3) is 0 Å². The zero-order chi connectivity index (χ0) is 23.5. The summed E-state index contributed by atoms with van der Waals surface area (Å²) in [6, 6.07) is 7.73. The number of piperidine rings is 1. The van der Waals surface area contributed by atoms with E-state index >= 15 is 0 Å². The Labute approximate surface area is 185 Å². The Morgan fingerprint density at radius 1 is 1.03 bits per heavy atom. The first-order valence-corrected chi connectivity index (χ1v) is 11.6. The number of halogens is 2. The number of esters is 1. The van der Waals surface area contributed by atoms with Gasteiger partial charge in [-0.2, -0.15) is 0 Å². The van der Waals surface area contributed by atoms with Gasteiger partial charge in [-0.05, 0) is 75.6 Å². The average Bonchev–Trinajstić information content (AvgIpc) is 2.74. The minimum atomic E-state index is -4.15. The summed E-state index contributed by atoms with van der Waals surface area (Å²) < 4.78 is 58.4. The molecule has 0 aliphatic carbocycles. The van der Waals surface area contributed by atoms with Gasteiger partial charge >= 0.3 is 5.97 Å². The maximum Gasteiger partial charge on any atom is 0.338 e.